The zero-order valence-electron chi connectivity index (χ0n) is 19.4. The summed E-state index contributed by atoms with van der Waals surface area (Å²) in [5, 5.41) is 16.8. The molecule has 0 spiro atoms. The molecule has 2 atom stereocenters. The number of halogens is 6. The van der Waals surface area contributed by atoms with E-state index in [1.165, 1.54) is 30.3 Å². The van der Waals surface area contributed by atoms with Gasteiger partial charge in [0, 0.05) is 29.5 Å². The number of Topliss-reactive ketones (excluding diaryl/α,β-unsaturated/α-hetero) is 1. The quantitative estimate of drug-likeness (QED) is 0.326. The number of carbonyl (C=O) groups excluding carboxylic acids is 2. The number of primary amides is 1. The fourth-order valence-electron chi connectivity index (χ4n) is 3.66. The van der Waals surface area contributed by atoms with Crippen molar-refractivity contribution in [2.24, 2.45) is 5.73 Å². The standard InChI is InChI=1S/C23H21Cl3F3N5O4/c24-14-6-4-12(5-7-14)20-32-34(22(38)33(20)11-18(36)23(27,28)29)10-15(35)8-13(9-31-21(30)37)16-2-1-3-17(25)19(16)26/h1-7,13,18,36H,8-11H2,(H3,30,31,37)/t13?,18-/m0/s1. The zero-order chi connectivity index (χ0) is 28.2. The van der Waals surface area contributed by atoms with Gasteiger partial charge in [0.1, 0.15) is 6.54 Å². The van der Waals surface area contributed by atoms with E-state index >= 15 is 0 Å². The second-order valence-corrected chi connectivity index (χ2v) is 9.49. The summed E-state index contributed by atoms with van der Waals surface area (Å²) in [6.07, 6.45) is -8.10. The van der Waals surface area contributed by atoms with Crippen LogP contribution in [0.2, 0.25) is 15.1 Å². The SMILES string of the molecule is NC(=O)NCC(CC(=O)Cn1nc(-c2ccc(Cl)cc2)n(C[C@H](O)C(F)(F)F)c1=O)c1cccc(Cl)c1Cl. The van der Waals surface area contributed by atoms with Crippen molar-refractivity contribution in [3.05, 3.63) is 73.6 Å². The van der Waals surface area contributed by atoms with Gasteiger partial charge in [-0.05, 0) is 35.9 Å². The number of rotatable bonds is 10. The number of carbonyl (C=O) groups is 2. The number of nitrogens with two attached hydrogens (primary N) is 1. The van der Waals surface area contributed by atoms with Crippen LogP contribution in [0.5, 0.6) is 0 Å². The molecule has 0 saturated carbocycles. The van der Waals surface area contributed by atoms with E-state index in [9.17, 15) is 32.7 Å². The summed E-state index contributed by atoms with van der Waals surface area (Å²) in [5.41, 5.74) is 4.79. The molecule has 4 N–H and O–H groups in total. The average molecular weight is 595 g/mol. The maximum Gasteiger partial charge on any atom is 0.416 e. The molecule has 0 aliphatic carbocycles. The number of nitrogens with one attached hydrogen (secondary N) is 1. The van der Waals surface area contributed by atoms with E-state index < -0.39 is 48.8 Å². The van der Waals surface area contributed by atoms with Crippen LogP contribution in [0.4, 0.5) is 18.0 Å². The van der Waals surface area contributed by atoms with Gasteiger partial charge in [0.15, 0.2) is 17.7 Å². The van der Waals surface area contributed by atoms with Gasteiger partial charge in [-0.1, -0.05) is 46.9 Å². The van der Waals surface area contributed by atoms with Crippen molar-refractivity contribution >= 4 is 46.6 Å². The Kier molecular flexibility index (Phi) is 9.47. The third-order valence-electron chi connectivity index (χ3n) is 5.50. The van der Waals surface area contributed by atoms with Crippen LogP contribution in [0.1, 0.15) is 17.9 Å². The van der Waals surface area contributed by atoms with Gasteiger partial charge in [-0.2, -0.15) is 13.2 Å². The van der Waals surface area contributed by atoms with Crippen LogP contribution in [0, 0.1) is 0 Å². The Morgan fingerprint density at radius 3 is 2.37 bits per heavy atom. The monoisotopic (exact) mass is 593 g/mol. The number of hydrogen-bond donors (Lipinski definition) is 3. The number of urea groups is 1. The molecule has 0 aliphatic heterocycles. The molecule has 1 heterocycles. The van der Waals surface area contributed by atoms with Gasteiger partial charge in [0.05, 0.1) is 16.6 Å². The molecule has 2 aromatic carbocycles. The van der Waals surface area contributed by atoms with E-state index in [0.29, 0.717) is 19.8 Å². The number of benzene rings is 2. The highest BCUT2D eigenvalue weighted by Crippen LogP contribution is 2.32. The predicted molar refractivity (Wildman–Crippen MR) is 135 cm³/mol. The number of aliphatic hydroxyl groups is 1. The number of nitrogens with zero attached hydrogens (tertiary/aromatic N) is 3. The van der Waals surface area contributed by atoms with E-state index in [4.69, 9.17) is 40.5 Å². The highest BCUT2D eigenvalue weighted by molar-refractivity contribution is 6.42. The minimum atomic E-state index is -4.99. The number of alkyl halides is 3. The number of amides is 2. The van der Waals surface area contributed by atoms with Crippen molar-refractivity contribution in [2.45, 2.75) is 37.7 Å². The molecule has 0 fully saturated rings. The Balaban J connectivity index is 1.93. The lowest BCUT2D eigenvalue weighted by Gasteiger charge is -2.19. The largest absolute Gasteiger partial charge is 0.416 e. The minimum Gasteiger partial charge on any atom is -0.382 e. The molecule has 2 amide bonds. The van der Waals surface area contributed by atoms with Crippen molar-refractivity contribution in [1.82, 2.24) is 19.7 Å². The molecule has 0 radical (unpaired) electrons. The fourth-order valence-corrected chi connectivity index (χ4v) is 4.24. The molecular formula is C23H21Cl3F3N5O4. The highest BCUT2D eigenvalue weighted by Gasteiger charge is 2.39. The molecule has 0 aliphatic rings. The molecule has 3 rings (SSSR count). The average Bonchev–Trinajstić information content (AvgIpc) is 3.13. The van der Waals surface area contributed by atoms with Crippen LogP contribution >= 0.6 is 34.8 Å². The summed E-state index contributed by atoms with van der Waals surface area (Å²) in [6, 6.07) is 9.65. The molecule has 1 unspecified atom stereocenters. The number of aromatic nitrogens is 3. The van der Waals surface area contributed by atoms with Gasteiger partial charge >= 0.3 is 17.9 Å². The summed E-state index contributed by atoms with van der Waals surface area (Å²) in [7, 11) is 0. The van der Waals surface area contributed by atoms with Crippen molar-refractivity contribution < 1.29 is 27.9 Å². The maximum absolute atomic E-state index is 13.0. The Hall–Kier alpha value is -3.06. The van der Waals surface area contributed by atoms with Crippen LogP contribution in [0.15, 0.2) is 47.3 Å². The van der Waals surface area contributed by atoms with E-state index in [1.807, 2.05) is 0 Å². The smallest absolute Gasteiger partial charge is 0.382 e. The van der Waals surface area contributed by atoms with Gasteiger partial charge in [-0.15, -0.1) is 5.10 Å². The summed E-state index contributed by atoms with van der Waals surface area (Å²) in [5.74, 6) is -1.45. The van der Waals surface area contributed by atoms with Crippen LogP contribution in [0.25, 0.3) is 11.4 Å². The molecule has 38 heavy (non-hydrogen) atoms. The normalized spacial score (nSPS) is 13.2. The third-order valence-corrected chi connectivity index (χ3v) is 6.59. The van der Waals surface area contributed by atoms with E-state index in [2.05, 4.69) is 10.4 Å². The molecule has 1 aromatic heterocycles. The summed E-state index contributed by atoms with van der Waals surface area (Å²) in [6.45, 7) is -1.84. The predicted octanol–water partition coefficient (Wildman–Crippen LogP) is 4.01. The molecule has 0 bridgehead atoms. The van der Waals surface area contributed by atoms with Crippen LogP contribution < -0.4 is 16.7 Å². The van der Waals surface area contributed by atoms with Crippen molar-refractivity contribution in [3.63, 3.8) is 0 Å². The molecule has 0 saturated heterocycles. The maximum atomic E-state index is 13.0. The summed E-state index contributed by atoms with van der Waals surface area (Å²) < 4.78 is 40.5. The second kappa shape index (κ2) is 12.2. The first-order valence-electron chi connectivity index (χ1n) is 10.9. The van der Waals surface area contributed by atoms with Crippen LogP contribution in [-0.4, -0.2) is 50.1 Å². The van der Waals surface area contributed by atoms with Crippen molar-refractivity contribution in [2.75, 3.05) is 6.54 Å². The van der Waals surface area contributed by atoms with Gasteiger partial charge in [0.2, 0.25) is 0 Å². The van der Waals surface area contributed by atoms with E-state index in [1.54, 1.807) is 12.1 Å². The molecular weight excluding hydrogens is 574 g/mol. The first-order valence-corrected chi connectivity index (χ1v) is 12.1. The van der Waals surface area contributed by atoms with E-state index in [-0.39, 0.29) is 34.4 Å². The second-order valence-electron chi connectivity index (χ2n) is 8.27. The van der Waals surface area contributed by atoms with Crippen molar-refractivity contribution in [1.29, 1.82) is 0 Å². The lowest BCUT2D eigenvalue weighted by molar-refractivity contribution is -0.207. The highest BCUT2D eigenvalue weighted by atomic mass is 35.5. The number of aliphatic hydroxyl groups excluding tert-OH is 1. The van der Waals surface area contributed by atoms with Gasteiger partial charge in [0.25, 0.3) is 0 Å². The number of hydrogen-bond acceptors (Lipinski definition) is 5. The lowest BCUT2D eigenvalue weighted by atomic mass is 9.93. The minimum absolute atomic E-state index is 0.0850. The van der Waals surface area contributed by atoms with Crippen molar-refractivity contribution in [3.8, 4) is 11.4 Å². The van der Waals surface area contributed by atoms with Gasteiger partial charge in [-0.25, -0.2) is 14.3 Å². The molecule has 204 valence electrons. The van der Waals surface area contributed by atoms with Crippen LogP contribution in [-0.2, 0) is 17.9 Å². The lowest BCUT2D eigenvalue weighted by Crippen LogP contribution is -2.37. The molecule has 15 heteroatoms. The topological polar surface area (TPSA) is 132 Å². The summed E-state index contributed by atoms with van der Waals surface area (Å²) >= 11 is 18.2. The first-order chi connectivity index (χ1) is 17.8. The zero-order valence-corrected chi connectivity index (χ0v) is 21.7. The first kappa shape index (κ1) is 29.5. The Labute approximate surface area is 228 Å². The van der Waals surface area contributed by atoms with Gasteiger partial charge < -0.3 is 16.2 Å². The summed E-state index contributed by atoms with van der Waals surface area (Å²) in [4.78, 5) is 37.3. The molecule has 3 aromatic rings. The van der Waals surface area contributed by atoms with E-state index in [0.717, 1.165) is 0 Å². The van der Waals surface area contributed by atoms with Crippen LogP contribution in [0.3, 0.4) is 0 Å². The Morgan fingerprint density at radius 2 is 1.76 bits per heavy atom. The third kappa shape index (κ3) is 7.28. The fraction of sp³-hybridized carbons (Fsp3) is 0.304. The Morgan fingerprint density at radius 1 is 1.11 bits per heavy atom. The Bertz CT molecular complexity index is 1380. The van der Waals surface area contributed by atoms with Gasteiger partial charge in [-0.3, -0.25) is 9.36 Å². The number of ketones is 1. The molecule has 9 nitrogen and oxygen atoms in total.